The molecule has 86 valence electrons. The smallest absolute Gasteiger partial charge is 0.132 e. The average molecular weight is 225 g/mol. The molecule has 3 aromatic rings. The van der Waals surface area contributed by atoms with Gasteiger partial charge in [-0.15, -0.1) is 0 Å². The first-order chi connectivity index (χ1) is 8.15. The number of imidazole rings is 1. The summed E-state index contributed by atoms with van der Waals surface area (Å²) in [6.07, 6.45) is 0. The Kier molecular flexibility index (Phi) is 2.15. The Morgan fingerprint density at radius 3 is 2.59 bits per heavy atom. The number of fused-ring (bicyclic) bond motifs is 3. The van der Waals surface area contributed by atoms with E-state index in [9.17, 15) is 0 Å². The summed E-state index contributed by atoms with van der Waals surface area (Å²) >= 11 is 0. The molecule has 3 rings (SSSR count). The van der Waals surface area contributed by atoms with E-state index in [0.29, 0.717) is 5.92 Å². The Morgan fingerprint density at radius 2 is 1.82 bits per heavy atom. The number of H-pyrrole nitrogens is 1. The predicted molar refractivity (Wildman–Crippen MR) is 70.2 cm³/mol. The maximum absolute atomic E-state index is 4.64. The number of nitrogens with zero attached hydrogens (tertiary/aromatic N) is 2. The van der Waals surface area contributed by atoms with Crippen LogP contribution in [0.4, 0.5) is 0 Å². The third-order valence-corrected chi connectivity index (χ3v) is 3.00. The first-order valence-corrected chi connectivity index (χ1v) is 5.91. The molecule has 2 heterocycles. The van der Waals surface area contributed by atoms with Crippen LogP contribution in [0.1, 0.15) is 31.3 Å². The Hall–Kier alpha value is -1.90. The van der Waals surface area contributed by atoms with E-state index in [4.69, 9.17) is 0 Å². The molecule has 3 heteroatoms. The van der Waals surface area contributed by atoms with Crippen LogP contribution in [-0.2, 0) is 0 Å². The molecule has 0 aliphatic carbocycles. The third-order valence-electron chi connectivity index (χ3n) is 3.00. The van der Waals surface area contributed by atoms with Crippen molar-refractivity contribution in [3.8, 4) is 0 Å². The van der Waals surface area contributed by atoms with Crippen LogP contribution in [0.3, 0.4) is 0 Å². The van der Waals surface area contributed by atoms with Crippen LogP contribution in [0.15, 0.2) is 24.3 Å². The van der Waals surface area contributed by atoms with Crippen LogP contribution in [0.5, 0.6) is 0 Å². The zero-order valence-electron chi connectivity index (χ0n) is 10.3. The van der Waals surface area contributed by atoms with Gasteiger partial charge in [-0.25, -0.2) is 9.97 Å². The van der Waals surface area contributed by atoms with E-state index in [2.05, 4.69) is 53.9 Å². The molecule has 1 aromatic carbocycles. The average Bonchev–Trinajstić information content (AvgIpc) is 2.73. The van der Waals surface area contributed by atoms with E-state index in [1.807, 2.05) is 6.07 Å². The van der Waals surface area contributed by atoms with Crippen LogP contribution in [-0.4, -0.2) is 15.0 Å². The summed E-state index contributed by atoms with van der Waals surface area (Å²) in [6.45, 7) is 6.29. The lowest BCUT2D eigenvalue weighted by molar-refractivity contribution is 0.799. The summed E-state index contributed by atoms with van der Waals surface area (Å²) < 4.78 is 0. The zero-order chi connectivity index (χ0) is 12.0. The van der Waals surface area contributed by atoms with Gasteiger partial charge in [-0.3, -0.25) is 0 Å². The van der Waals surface area contributed by atoms with Crippen molar-refractivity contribution in [1.82, 2.24) is 15.0 Å². The Bertz CT molecular complexity index is 695. The lowest BCUT2D eigenvalue weighted by atomic mass is 10.2. The fourth-order valence-electron chi connectivity index (χ4n) is 2.04. The third kappa shape index (κ3) is 1.58. The van der Waals surface area contributed by atoms with E-state index in [-0.39, 0.29) is 0 Å². The number of aromatic amines is 1. The number of aromatic nitrogens is 3. The van der Waals surface area contributed by atoms with E-state index in [0.717, 1.165) is 28.1 Å². The second kappa shape index (κ2) is 3.55. The minimum absolute atomic E-state index is 0.363. The molecule has 0 fully saturated rings. The van der Waals surface area contributed by atoms with Crippen molar-refractivity contribution in [2.45, 2.75) is 26.7 Å². The molecule has 0 bridgehead atoms. The number of benzene rings is 1. The van der Waals surface area contributed by atoms with Crippen molar-refractivity contribution < 1.29 is 0 Å². The molecular weight excluding hydrogens is 210 g/mol. The molecule has 0 amide bonds. The first-order valence-electron chi connectivity index (χ1n) is 5.91. The summed E-state index contributed by atoms with van der Waals surface area (Å²) in [5.41, 5.74) is 4.18. The van der Waals surface area contributed by atoms with Crippen LogP contribution in [0, 0.1) is 6.92 Å². The van der Waals surface area contributed by atoms with Crippen molar-refractivity contribution in [2.75, 3.05) is 0 Å². The molecule has 17 heavy (non-hydrogen) atoms. The van der Waals surface area contributed by atoms with Gasteiger partial charge < -0.3 is 4.98 Å². The molecular formula is C14H15N3. The van der Waals surface area contributed by atoms with Gasteiger partial charge in [0, 0.05) is 17.0 Å². The van der Waals surface area contributed by atoms with Gasteiger partial charge in [0.2, 0.25) is 0 Å². The molecule has 0 saturated carbocycles. The van der Waals surface area contributed by atoms with Gasteiger partial charge in [0.15, 0.2) is 0 Å². The molecule has 0 spiro atoms. The number of aryl methyl sites for hydroxylation is 1. The van der Waals surface area contributed by atoms with Crippen LogP contribution < -0.4 is 0 Å². The van der Waals surface area contributed by atoms with E-state index >= 15 is 0 Å². The maximum Gasteiger partial charge on any atom is 0.132 e. The van der Waals surface area contributed by atoms with Gasteiger partial charge in [0.05, 0.1) is 11.0 Å². The van der Waals surface area contributed by atoms with Gasteiger partial charge in [-0.1, -0.05) is 26.0 Å². The van der Waals surface area contributed by atoms with Crippen molar-refractivity contribution in [3.63, 3.8) is 0 Å². The van der Waals surface area contributed by atoms with Gasteiger partial charge >= 0.3 is 0 Å². The highest BCUT2D eigenvalue weighted by atomic mass is 14.9. The molecule has 0 saturated heterocycles. The second-order valence-electron chi connectivity index (χ2n) is 4.78. The SMILES string of the molecule is Cc1ccc2ccc3nc(C(C)C)nc3c2[nH]1. The van der Waals surface area contributed by atoms with Gasteiger partial charge in [-0.2, -0.15) is 0 Å². The van der Waals surface area contributed by atoms with Crippen LogP contribution in [0.25, 0.3) is 21.9 Å². The number of rotatable bonds is 1. The van der Waals surface area contributed by atoms with Crippen molar-refractivity contribution in [2.24, 2.45) is 0 Å². The van der Waals surface area contributed by atoms with E-state index in [1.165, 1.54) is 5.39 Å². The van der Waals surface area contributed by atoms with Crippen LogP contribution >= 0.6 is 0 Å². The summed E-state index contributed by atoms with van der Waals surface area (Å²) in [7, 11) is 0. The lowest BCUT2D eigenvalue weighted by Gasteiger charge is -2.00. The Balaban J connectivity index is 2.41. The minimum atomic E-state index is 0.363. The zero-order valence-corrected chi connectivity index (χ0v) is 10.3. The molecule has 1 N–H and O–H groups in total. The predicted octanol–water partition coefficient (Wildman–Crippen LogP) is 3.54. The summed E-state index contributed by atoms with van der Waals surface area (Å²) in [5, 5.41) is 1.18. The standard InChI is InChI=1S/C14H15N3/c1-8(2)14-16-11-7-6-10-5-4-9(3)15-12(10)13(11)17-14/h4-8,15H,1-3H3. The summed E-state index contributed by atoms with van der Waals surface area (Å²) in [6, 6.07) is 8.32. The highest BCUT2D eigenvalue weighted by Crippen LogP contribution is 2.24. The molecule has 2 aromatic heterocycles. The lowest BCUT2D eigenvalue weighted by Crippen LogP contribution is -1.88. The second-order valence-corrected chi connectivity index (χ2v) is 4.78. The number of hydrogen-bond acceptors (Lipinski definition) is 2. The number of hydrogen-bond donors (Lipinski definition) is 1. The fraction of sp³-hybridized carbons (Fsp3) is 0.286. The largest absolute Gasteiger partial charge is 0.357 e. The number of pyridine rings is 1. The normalized spacial score (nSPS) is 11.8. The maximum atomic E-state index is 4.64. The number of nitrogens with one attached hydrogen (secondary N) is 1. The monoisotopic (exact) mass is 225 g/mol. The Labute approximate surface area is 99.9 Å². The van der Waals surface area contributed by atoms with Gasteiger partial charge in [-0.05, 0) is 19.1 Å². The molecule has 0 atom stereocenters. The first kappa shape index (κ1) is 10.3. The molecule has 3 nitrogen and oxygen atoms in total. The van der Waals surface area contributed by atoms with Crippen molar-refractivity contribution in [3.05, 3.63) is 35.8 Å². The molecule has 0 aliphatic rings. The summed E-state index contributed by atoms with van der Waals surface area (Å²) in [4.78, 5) is 12.6. The van der Waals surface area contributed by atoms with Crippen LogP contribution in [0.2, 0.25) is 0 Å². The minimum Gasteiger partial charge on any atom is -0.357 e. The molecule has 0 radical (unpaired) electrons. The van der Waals surface area contributed by atoms with E-state index in [1.54, 1.807) is 0 Å². The van der Waals surface area contributed by atoms with Crippen molar-refractivity contribution in [1.29, 1.82) is 0 Å². The van der Waals surface area contributed by atoms with Gasteiger partial charge in [0.25, 0.3) is 0 Å². The topological polar surface area (TPSA) is 41.6 Å². The quantitative estimate of drug-likeness (QED) is 0.688. The summed E-state index contributed by atoms with van der Waals surface area (Å²) in [5.74, 6) is 1.28. The highest BCUT2D eigenvalue weighted by Gasteiger charge is 2.10. The van der Waals surface area contributed by atoms with E-state index < -0.39 is 0 Å². The molecule has 0 aliphatic heterocycles. The fourth-order valence-corrected chi connectivity index (χ4v) is 2.04. The van der Waals surface area contributed by atoms with Crippen molar-refractivity contribution >= 4 is 21.9 Å². The Morgan fingerprint density at radius 1 is 1.06 bits per heavy atom. The molecule has 0 unspecified atom stereocenters. The van der Waals surface area contributed by atoms with Gasteiger partial charge in [0.1, 0.15) is 11.3 Å². The highest BCUT2D eigenvalue weighted by molar-refractivity contribution is 6.01.